The second-order valence-corrected chi connectivity index (χ2v) is 4.76. The summed E-state index contributed by atoms with van der Waals surface area (Å²) in [6, 6.07) is 10.6. The molecule has 0 aliphatic carbocycles. The summed E-state index contributed by atoms with van der Waals surface area (Å²) in [4.78, 5) is 21.6. The van der Waals surface area contributed by atoms with E-state index in [1.54, 1.807) is 18.2 Å². The van der Waals surface area contributed by atoms with E-state index in [9.17, 15) is 14.9 Å². The zero-order valence-electron chi connectivity index (χ0n) is 11.6. The Kier molecular flexibility index (Phi) is 4.95. The molecule has 0 aromatic heterocycles. The zero-order chi connectivity index (χ0) is 16.1. The van der Waals surface area contributed by atoms with Crippen molar-refractivity contribution in [2.75, 3.05) is 7.11 Å². The van der Waals surface area contributed by atoms with E-state index in [2.05, 4.69) is 4.74 Å². The van der Waals surface area contributed by atoms with Crippen molar-refractivity contribution in [3.05, 3.63) is 68.7 Å². The highest BCUT2D eigenvalue weighted by atomic mass is 35.5. The largest absolute Gasteiger partial charge is 0.487 e. The van der Waals surface area contributed by atoms with Crippen LogP contribution in [0.4, 0.5) is 5.69 Å². The van der Waals surface area contributed by atoms with Gasteiger partial charge in [0.15, 0.2) is 0 Å². The lowest BCUT2D eigenvalue weighted by Gasteiger charge is -2.09. The number of carbonyl (C=O) groups is 1. The van der Waals surface area contributed by atoms with Gasteiger partial charge in [0.2, 0.25) is 0 Å². The number of halogens is 1. The molecule has 0 unspecified atom stereocenters. The van der Waals surface area contributed by atoms with Crippen LogP contribution >= 0.6 is 11.6 Å². The van der Waals surface area contributed by atoms with E-state index in [1.807, 2.05) is 0 Å². The predicted octanol–water partition coefficient (Wildman–Crippen LogP) is 3.61. The molecule has 2 aromatic rings. The van der Waals surface area contributed by atoms with Gasteiger partial charge in [0.05, 0.1) is 22.6 Å². The summed E-state index contributed by atoms with van der Waals surface area (Å²) >= 11 is 6.04. The predicted molar refractivity (Wildman–Crippen MR) is 80.2 cm³/mol. The monoisotopic (exact) mass is 321 g/mol. The summed E-state index contributed by atoms with van der Waals surface area (Å²) in [5.41, 5.74) is 0.950. The fourth-order valence-corrected chi connectivity index (χ4v) is 2.02. The van der Waals surface area contributed by atoms with Crippen LogP contribution < -0.4 is 4.74 Å². The lowest BCUT2D eigenvalue weighted by Crippen LogP contribution is -2.02. The number of hydrogen-bond acceptors (Lipinski definition) is 5. The van der Waals surface area contributed by atoms with Crippen molar-refractivity contribution in [3.8, 4) is 5.75 Å². The molecule has 0 heterocycles. The van der Waals surface area contributed by atoms with Crippen LogP contribution in [0.5, 0.6) is 5.75 Å². The number of benzene rings is 2. The van der Waals surface area contributed by atoms with Gasteiger partial charge in [-0.1, -0.05) is 23.7 Å². The molecule has 0 atom stereocenters. The Bertz CT molecular complexity index is 717. The van der Waals surface area contributed by atoms with Crippen LogP contribution in [-0.4, -0.2) is 18.0 Å². The molecule has 0 bridgehead atoms. The number of carbonyl (C=O) groups excluding carboxylic acids is 1. The topological polar surface area (TPSA) is 78.7 Å². The van der Waals surface area contributed by atoms with Gasteiger partial charge in [-0.25, -0.2) is 4.79 Å². The highest BCUT2D eigenvalue weighted by Crippen LogP contribution is 2.27. The van der Waals surface area contributed by atoms with Crippen molar-refractivity contribution >= 4 is 23.3 Å². The molecule has 0 radical (unpaired) electrons. The second kappa shape index (κ2) is 6.91. The second-order valence-electron chi connectivity index (χ2n) is 4.35. The number of methoxy groups -OCH3 is 1. The van der Waals surface area contributed by atoms with Gasteiger partial charge in [-0.15, -0.1) is 0 Å². The van der Waals surface area contributed by atoms with Gasteiger partial charge in [-0.2, -0.15) is 0 Å². The minimum atomic E-state index is -0.493. The molecule has 22 heavy (non-hydrogen) atoms. The number of nitro groups is 1. The first-order valence-electron chi connectivity index (χ1n) is 6.25. The molecule has 0 aliphatic heterocycles. The van der Waals surface area contributed by atoms with Crippen molar-refractivity contribution in [2.24, 2.45) is 0 Å². The SMILES string of the molecule is COC(=O)c1ccc(OCc2cccc([N+](=O)[O-])c2)c(Cl)c1. The fourth-order valence-electron chi connectivity index (χ4n) is 1.78. The molecule has 0 N–H and O–H groups in total. The summed E-state index contributed by atoms with van der Waals surface area (Å²) < 4.78 is 10.1. The van der Waals surface area contributed by atoms with Gasteiger partial charge in [0, 0.05) is 12.1 Å². The quantitative estimate of drug-likeness (QED) is 0.477. The Hall–Kier alpha value is -2.60. The van der Waals surface area contributed by atoms with Gasteiger partial charge >= 0.3 is 5.97 Å². The number of nitro benzene ring substituents is 1. The normalized spacial score (nSPS) is 10.1. The Morgan fingerprint density at radius 2 is 2.05 bits per heavy atom. The smallest absolute Gasteiger partial charge is 0.337 e. The molecule has 7 heteroatoms. The zero-order valence-corrected chi connectivity index (χ0v) is 12.4. The summed E-state index contributed by atoms with van der Waals surface area (Å²) in [5, 5.41) is 11.0. The van der Waals surface area contributed by atoms with Gasteiger partial charge in [-0.05, 0) is 23.8 Å². The van der Waals surface area contributed by atoms with E-state index < -0.39 is 10.9 Å². The van der Waals surface area contributed by atoms with Crippen LogP contribution in [0.15, 0.2) is 42.5 Å². The molecule has 0 saturated heterocycles. The number of esters is 1. The summed E-state index contributed by atoms with van der Waals surface area (Å²) in [6.07, 6.45) is 0. The van der Waals surface area contributed by atoms with Gasteiger partial charge in [-0.3, -0.25) is 10.1 Å². The Morgan fingerprint density at radius 3 is 2.68 bits per heavy atom. The van der Waals surface area contributed by atoms with Crippen LogP contribution in [0.25, 0.3) is 0 Å². The van der Waals surface area contributed by atoms with Crippen LogP contribution in [0.2, 0.25) is 5.02 Å². The van der Waals surface area contributed by atoms with Crippen molar-refractivity contribution in [3.63, 3.8) is 0 Å². The lowest BCUT2D eigenvalue weighted by atomic mass is 10.2. The minimum absolute atomic E-state index is 0.00626. The molecule has 6 nitrogen and oxygen atoms in total. The molecular formula is C15H12ClNO5. The molecular weight excluding hydrogens is 310 g/mol. The maximum absolute atomic E-state index is 11.4. The Balaban J connectivity index is 2.10. The third-order valence-corrected chi connectivity index (χ3v) is 3.16. The van der Waals surface area contributed by atoms with Crippen molar-refractivity contribution in [2.45, 2.75) is 6.61 Å². The van der Waals surface area contributed by atoms with Crippen LogP contribution in [0.3, 0.4) is 0 Å². The molecule has 0 amide bonds. The van der Waals surface area contributed by atoms with Crippen molar-refractivity contribution in [1.82, 2.24) is 0 Å². The van der Waals surface area contributed by atoms with E-state index >= 15 is 0 Å². The van der Waals surface area contributed by atoms with Gasteiger partial charge in [0.25, 0.3) is 5.69 Å². The average Bonchev–Trinajstić information content (AvgIpc) is 2.53. The highest BCUT2D eigenvalue weighted by Gasteiger charge is 2.10. The molecule has 2 rings (SSSR count). The van der Waals surface area contributed by atoms with Crippen molar-refractivity contribution in [1.29, 1.82) is 0 Å². The maximum Gasteiger partial charge on any atom is 0.337 e. The van der Waals surface area contributed by atoms with Gasteiger partial charge in [0.1, 0.15) is 12.4 Å². The number of non-ortho nitro benzene ring substituents is 1. The van der Waals surface area contributed by atoms with E-state index in [0.29, 0.717) is 16.9 Å². The first-order valence-corrected chi connectivity index (χ1v) is 6.63. The number of rotatable bonds is 5. The summed E-state index contributed by atoms with van der Waals surface area (Å²) in [6.45, 7) is 0.124. The first-order chi connectivity index (χ1) is 10.5. The molecule has 0 fully saturated rings. The summed E-state index contributed by atoms with van der Waals surface area (Å²) in [5.74, 6) is -0.118. The van der Waals surface area contributed by atoms with E-state index in [4.69, 9.17) is 16.3 Å². The molecule has 0 saturated carbocycles. The Morgan fingerprint density at radius 1 is 1.27 bits per heavy atom. The fraction of sp³-hybridized carbons (Fsp3) is 0.133. The molecule has 2 aromatic carbocycles. The molecule has 0 spiro atoms. The number of ether oxygens (including phenoxy) is 2. The third kappa shape index (κ3) is 3.73. The first kappa shape index (κ1) is 15.8. The third-order valence-electron chi connectivity index (χ3n) is 2.87. The molecule has 114 valence electrons. The number of hydrogen-bond donors (Lipinski definition) is 0. The van der Waals surface area contributed by atoms with Crippen LogP contribution in [0, 0.1) is 10.1 Å². The average molecular weight is 322 g/mol. The summed E-state index contributed by atoms with van der Waals surface area (Å²) in [7, 11) is 1.28. The van der Waals surface area contributed by atoms with Crippen LogP contribution in [-0.2, 0) is 11.3 Å². The lowest BCUT2D eigenvalue weighted by molar-refractivity contribution is -0.384. The molecule has 0 aliphatic rings. The minimum Gasteiger partial charge on any atom is -0.487 e. The number of nitrogens with zero attached hydrogens (tertiary/aromatic N) is 1. The van der Waals surface area contributed by atoms with E-state index in [1.165, 1.54) is 31.4 Å². The van der Waals surface area contributed by atoms with E-state index in [-0.39, 0.29) is 17.3 Å². The van der Waals surface area contributed by atoms with Crippen LogP contribution in [0.1, 0.15) is 15.9 Å². The van der Waals surface area contributed by atoms with Crippen molar-refractivity contribution < 1.29 is 19.2 Å². The maximum atomic E-state index is 11.4. The highest BCUT2D eigenvalue weighted by molar-refractivity contribution is 6.32. The van der Waals surface area contributed by atoms with E-state index in [0.717, 1.165) is 0 Å². The van der Waals surface area contributed by atoms with Gasteiger partial charge < -0.3 is 9.47 Å². The Labute approximate surface area is 131 Å². The standard InChI is InChI=1S/C15H12ClNO5/c1-21-15(18)11-5-6-14(13(16)8-11)22-9-10-3-2-4-12(7-10)17(19)20/h2-8H,9H2,1H3.